The van der Waals surface area contributed by atoms with Gasteiger partial charge in [-0.05, 0) is 72.9 Å². The topological polar surface area (TPSA) is 0 Å². The Hall–Kier alpha value is -2.60. The molecule has 114 valence electrons. The molecule has 0 nitrogen and oxygen atoms in total. The third-order valence-corrected chi connectivity index (χ3v) is 5.89. The van der Waals surface area contributed by atoms with Crippen molar-refractivity contribution < 1.29 is 0 Å². The molecule has 0 radical (unpaired) electrons. The minimum absolute atomic E-state index is 1.12. The van der Waals surface area contributed by atoms with E-state index in [1.165, 1.54) is 19.5 Å². The van der Waals surface area contributed by atoms with Gasteiger partial charge in [-0.2, -0.15) is 0 Å². The minimum Gasteiger partial charge on any atom is -0.135 e. The van der Waals surface area contributed by atoms with Crippen LogP contribution in [0.4, 0.5) is 0 Å². The zero-order valence-electron chi connectivity index (χ0n) is 12.9. The Labute approximate surface area is 149 Å². The zero-order valence-corrected chi connectivity index (χ0v) is 14.5. The van der Waals surface area contributed by atoms with Crippen molar-refractivity contribution in [1.29, 1.82) is 0 Å². The molecule has 2 aliphatic rings. The highest BCUT2D eigenvalue weighted by atomic mass is 32.1. The third kappa shape index (κ3) is 3.49. The maximum atomic E-state index is 3.18. The number of thiophene rings is 2. The van der Waals surface area contributed by atoms with Crippen molar-refractivity contribution in [3.63, 3.8) is 0 Å². The van der Waals surface area contributed by atoms with E-state index in [0.29, 0.717) is 0 Å². The number of hydrogen-bond acceptors (Lipinski definition) is 2. The first-order chi connectivity index (χ1) is 11.9. The zero-order chi connectivity index (χ0) is 16.2. The summed E-state index contributed by atoms with van der Waals surface area (Å²) in [6.07, 6.45) is 20.5. The molecular weight excluding hydrogens is 328 g/mol. The Morgan fingerprint density at radius 2 is 1.12 bits per heavy atom. The average Bonchev–Trinajstić information content (AvgIpc) is 3.40. The predicted octanol–water partition coefficient (Wildman–Crippen LogP) is 6.81. The van der Waals surface area contributed by atoms with Crippen molar-refractivity contribution in [3.05, 3.63) is 105 Å². The second-order valence-electron chi connectivity index (χ2n) is 5.32. The Morgan fingerprint density at radius 3 is 1.54 bits per heavy atom. The van der Waals surface area contributed by atoms with Crippen LogP contribution >= 0.6 is 22.7 Å². The molecule has 2 heterocycles. The van der Waals surface area contributed by atoms with Crippen molar-refractivity contribution in [1.82, 2.24) is 0 Å². The Bertz CT molecular complexity index is 931. The summed E-state index contributed by atoms with van der Waals surface area (Å²) < 4.78 is 0. The van der Waals surface area contributed by atoms with Gasteiger partial charge in [0.05, 0.1) is 0 Å². The fourth-order valence-corrected chi connectivity index (χ4v) is 4.30. The summed E-state index contributed by atoms with van der Waals surface area (Å²) in [5.74, 6) is 0. The highest BCUT2D eigenvalue weighted by molar-refractivity contribution is 7.22. The lowest BCUT2D eigenvalue weighted by molar-refractivity contribution is 1.79. The van der Waals surface area contributed by atoms with Crippen LogP contribution in [0.25, 0.3) is 21.9 Å². The summed E-state index contributed by atoms with van der Waals surface area (Å²) in [5, 5.41) is 0. The van der Waals surface area contributed by atoms with Crippen LogP contribution in [0.3, 0.4) is 0 Å². The van der Waals surface area contributed by atoms with Crippen LogP contribution < -0.4 is 0 Å². The van der Waals surface area contributed by atoms with Gasteiger partial charge in [0, 0.05) is 30.7 Å². The van der Waals surface area contributed by atoms with Crippen LogP contribution in [-0.4, -0.2) is 0 Å². The van der Waals surface area contributed by atoms with Gasteiger partial charge in [-0.3, -0.25) is 0 Å². The van der Waals surface area contributed by atoms with Gasteiger partial charge >= 0.3 is 0 Å². The SMILES string of the molecule is C1=CC=CC=1/C=C/c1ccc(-c2ccc(/C=C/C3=C=CC=C3)s2)s1. The van der Waals surface area contributed by atoms with E-state index in [2.05, 4.69) is 72.2 Å². The smallest absolute Gasteiger partial charge is 0.0449 e. The number of hydrogen-bond donors (Lipinski definition) is 0. The monoisotopic (exact) mass is 342 g/mol. The van der Waals surface area contributed by atoms with Gasteiger partial charge in [-0.25, -0.2) is 0 Å². The molecule has 24 heavy (non-hydrogen) atoms. The van der Waals surface area contributed by atoms with E-state index in [9.17, 15) is 0 Å². The van der Waals surface area contributed by atoms with E-state index < -0.39 is 0 Å². The first-order valence-electron chi connectivity index (χ1n) is 7.70. The molecular formula is C22H14S2. The Morgan fingerprint density at radius 1 is 0.625 bits per heavy atom. The summed E-state index contributed by atoms with van der Waals surface area (Å²) in [4.78, 5) is 5.14. The molecule has 4 rings (SSSR count). The molecule has 2 heteroatoms. The molecule has 0 aliphatic heterocycles. The van der Waals surface area contributed by atoms with Gasteiger partial charge in [-0.1, -0.05) is 12.2 Å². The maximum Gasteiger partial charge on any atom is 0.0449 e. The first kappa shape index (κ1) is 15.0. The van der Waals surface area contributed by atoms with Crippen LogP contribution in [0.5, 0.6) is 0 Å². The van der Waals surface area contributed by atoms with Gasteiger partial charge in [0.25, 0.3) is 0 Å². The predicted molar refractivity (Wildman–Crippen MR) is 107 cm³/mol. The van der Waals surface area contributed by atoms with Gasteiger partial charge in [-0.15, -0.1) is 34.1 Å². The Balaban J connectivity index is 1.48. The highest BCUT2D eigenvalue weighted by Gasteiger charge is 2.04. The lowest BCUT2D eigenvalue weighted by Crippen LogP contribution is -1.63. The van der Waals surface area contributed by atoms with E-state index in [1.807, 2.05) is 47.0 Å². The van der Waals surface area contributed by atoms with Crippen molar-refractivity contribution in [2.24, 2.45) is 0 Å². The largest absolute Gasteiger partial charge is 0.135 e. The summed E-state index contributed by atoms with van der Waals surface area (Å²) in [7, 11) is 0. The van der Waals surface area contributed by atoms with Crippen molar-refractivity contribution in [2.75, 3.05) is 0 Å². The molecule has 0 N–H and O–H groups in total. The highest BCUT2D eigenvalue weighted by Crippen LogP contribution is 2.34. The molecule has 0 bridgehead atoms. The van der Waals surface area contributed by atoms with Gasteiger partial charge < -0.3 is 0 Å². The van der Waals surface area contributed by atoms with Crippen LogP contribution in [0.2, 0.25) is 0 Å². The van der Waals surface area contributed by atoms with E-state index in [0.717, 1.165) is 11.1 Å². The third-order valence-electron chi connectivity index (χ3n) is 3.59. The molecule has 0 fully saturated rings. The van der Waals surface area contributed by atoms with Crippen LogP contribution in [-0.2, 0) is 0 Å². The molecule has 0 atom stereocenters. The Kier molecular flexibility index (Phi) is 4.29. The fraction of sp³-hybridized carbons (Fsp3) is 0. The lowest BCUT2D eigenvalue weighted by Gasteiger charge is -1.89. The summed E-state index contributed by atoms with van der Waals surface area (Å²) in [6.45, 7) is 0. The quantitative estimate of drug-likeness (QED) is 0.524. The van der Waals surface area contributed by atoms with Gasteiger partial charge in [0.2, 0.25) is 0 Å². The maximum absolute atomic E-state index is 3.18. The number of allylic oxidation sites excluding steroid dienone is 8. The van der Waals surface area contributed by atoms with Gasteiger partial charge in [0.15, 0.2) is 0 Å². The molecule has 0 unspecified atom stereocenters. The van der Waals surface area contributed by atoms with Crippen LogP contribution in [0, 0.1) is 0 Å². The summed E-state index contributed by atoms with van der Waals surface area (Å²) >= 11 is 3.63. The second-order valence-corrected chi connectivity index (χ2v) is 7.55. The van der Waals surface area contributed by atoms with Crippen LogP contribution in [0.1, 0.15) is 9.75 Å². The number of rotatable bonds is 5. The molecule has 0 aromatic carbocycles. The fourth-order valence-electron chi connectivity index (χ4n) is 2.39. The first-order valence-corrected chi connectivity index (χ1v) is 9.33. The minimum atomic E-state index is 1.12. The molecule has 2 aromatic rings. The molecule has 0 amide bonds. The van der Waals surface area contributed by atoms with E-state index in [-0.39, 0.29) is 0 Å². The van der Waals surface area contributed by atoms with Crippen molar-refractivity contribution in [2.45, 2.75) is 0 Å². The molecule has 2 aromatic heterocycles. The molecule has 2 aliphatic carbocycles. The molecule has 0 spiro atoms. The van der Waals surface area contributed by atoms with Crippen LogP contribution in [0.15, 0.2) is 95.5 Å². The molecule has 0 saturated heterocycles. The summed E-state index contributed by atoms with van der Waals surface area (Å²) in [5.41, 5.74) is 8.61. The van der Waals surface area contributed by atoms with Crippen molar-refractivity contribution >= 4 is 34.8 Å². The second kappa shape index (κ2) is 6.88. The summed E-state index contributed by atoms with van der Waals surface area (Å²) in [6, 6.07) is 8.74. The average molecular weight is 342 g/mol. The standard InChI is InChI=1S/C22H14S2/c1-2-6-17(5-1)9-11-19-13-15-21(23-19)22-16-14-20(24-22)12-10-18-7-3-4-8-18/h1-5,7,9-16H/b11-9+,12-10+. The van der Waals surface area contributed by atoms with E-state index in [4.69, 9.17) is 0 Å². The lowest BCUT2D eigenvalue weighted by atomic mass is 10.2. The molecule has 0 saturated carbocycles. The van der Waals surface area contributed by atoms with E-state index in [1.54, 1.807) is 0 Å². The van der Waals surface area contributed by atoms with E-state index >= 15 is 0 Å². The van der Waals surface area contributed by atoms with Gasteiger partial charge in [0.1, 0.15) is 0 Å². The normalized spacial score (nSPS) is 15.3. The van der Waals surface area contributed by atoms with Crippen molar-refractivity contribution in [3.8, 4) is 9.75 Å².